The number of aromatic nitrogens is 2. The summed E-state index contributed by atoms with van der Waals surface area (Å²) in [6.07, 6.45) is 4.19. The largest absolute Gasteiger partial charge is 0.480 e. The van der Waals surface area contributed by atoms with Crippen LogP contribution in [0.5, 0.6) is 0 Å². The molecule has 0 spiro atoms. The van der Waals surface area contributed by atoms with Gasteiger partial charge in [-0.15, -0.1) is 0 Å². The van der Waals surface area contributed by atoms with Gasteiger partial charge in [-0.25, -0.2) is 0 Å². The molecule has 20 heavy (non-hydrogen) atoms. The molecule has 0 amide bonds. The Kier molecular flexibility index (Phi) is 4.48. The molecule has 0 saturated heterocycles. The first-order chi connectivity index (χ1) is 9.48. The van der Waals surface area contributed by atoms with Crippen molar-refractivity contribution in [1.29, 1.82) is 0 Å². The molecule has 2 rings (SSSR count). The van der Waals surface area contributed by atoms with Crippen LogP contribution in [0.2, 0.25) is 0 Å². The molecule has 1 saturated carbocycles. The monoisotopic (exact) mass is 279 g/mol. The van der Waals surface area contributed by atoms with Crippen LogP contribution in [0.25, 0.3) is 0 Å². The zero-order chi connectivity index (χ0) is 14.8. The smallest absolute Gasteiger partial charge is 0.323 e. The Morgan fingerprint density at radius 1 is 1.60 bits per heavy atom. The third kappa shape index (κ3) is 2.87. The van der Waals surface area contributed by atoms with Gasteiger partial charge in [-0.3, -0.25) is 9.48 Å². The molecule has 1 aromatic rings. The highest BCUT2D eigenvalue weighted by molar-refractivity contribution is 5.79. The highest BCUT2D eigenvalue weighted by Gasteiger charge is 2.43. The Bertz CT molecular complexity index is 483. The average molecular weight is 279 g/mol. The average Bonchev–Trinajstić information content (AvgIpc) is 2.75. The number of rotatable bonds is 5. The van der Waals surface area contributed by atoms with Crippen LogP contribution in [0, 0.1) is 13.8 Å². The molecule has 1 aromatic heterocycles. The maximum Gasteiger partial charge on any atom is 0.323 e. The van der Waals surface area contributed by atoms with Crippen LogP contribution in [0.4, 0.5) is 0 Å². The van der Waals surface area contributed by atoms with E-state index in [1.165, 1.54) is 0 Å². The van der Waals surface area contributed by atoms with Gasteiger partial charge in [-0.2, -0.15) is 5.10 Å². The minimum absolute atomic E-state index is 0.179. The molecule has 1 fully saturated rings. The van der Waals surface area contributed by atoms with E-state index in [1.54, 1.807) is 0 Å². The summed E-state index contributed by atoms with van der Waals surface area (Å²) in [5, 5.41) is 17.5. The summed E-state index contributed by atoms with van der Waals surface area (Å²) in [4.78, 5) is 11.8. The molecule has 0 radical (unpaired) electrons. The molecule has 5 nitrogen and oxygen atoms in total. The summed E-state index contributed by atoms with van der Waals surface area (Å²) in [7, 11) is 0. The van der Waals surface area contributed by atoms with Gasteiger partial charge in [0.25, 0.3) is 0 Å². The lowest BCUT2D eigenvalue weighted by Gasteiger charge is -2.38. The molecule has 2 atom stereocenters. The van der Waals surface area contributed by atoms with Crippen LogP contribution in [0.15, 0.2) is 6.07 Å². The number of aliphatic carboxylic acids is 1. The van der Waals surface area contributed by atoms with E-state index in [-0.39, 0.29) is 6.04 Å². The predicted octanol–water partition coefficient (Wildman–Crippen LogP) is 2.44. The Hall–Kier alpha value is -1.36. The first kappa shape index (κ1) is 15.0. The normalized spacial score (nSPS) is 26.6. The first-order valence-corrected chi connectivity index (χ1v) is 7.49. The third-order valence-corrected chi connectivity index (χ3v) is 4.24. The Morgan fingerprint density at radius 3 is 2.90 bits per heavy atom. The number of carboxylic acid groups (broad SMARTS) is 1. The van der Waals surface area contributed by atoms with Gasteiger partial charge in [-0.1, -0.05) is 6.92 Å². The number of nitrogens with zero attached hydrogens (tertiary/aromatic N) is 2. The van der Waals surface area contributed by atoms with E-state index in [4.69, 9.17) is 0 Å². The Balaban J connectivity index is 2.21. The van der Waals surface area contributed by atoms with Gasteiger partial charge >= 0.3 is 5.97 Å². The number of nitrogens with one attached hydrogen (secondary N) is 1. The van der Waals surface area contributed by atoms with E-state index in [2.05, 4.69) is 23.4 Å². The summed E-state index contributed by atoms with van der Waals surface area (Å²) in [5.74, 6) is -0.725. The molecule has 5 heteroatoms. The van der Waals surface area contributed by atoms with Gasteiger partial charge in [0.05, 0.1) is 11.7 Å². The summed E-state index contributed by atoms with van der Waals surface area (Å²) in [5.41, 5.74) is 1.32. The number of hydrogen-bond donors (Lipinski definition) is 2. The molecule has 0 bridgehead atoms. The van der Waals surface area contributed by atoms with Crippen LogP contribution in [-0.4, -0.2) is 32.9 Å². The van der Waals surface area contributed by atoms with Crippen molar-refractivity contribution < 1.29 is 9.90 Å². The predicted molar refractivity (Wildman–Crippen MR) is 77.9 cm³/mol. The van der Waals surface area contributed by atoms with Crippen molar-refractivity contribution >= 4 is 5.97 Å². The quantitative estimate of drug-likeness (QED) is 0.868. The summed E-state index contributed by atoms with van der Waals surface area (Å²) >= 11 is 0. The minimum atomic E-state index is -0.786. The van der Waals surface area contributed by atoms with Crippen molar-refractivity contribution in [3.05, 3.63) is 17.5 Å². The van der Waals surface area contributed by atoms with Crippen molar-refractivity contribution in [3.63, 3.8) is 0 Å². The third-order valence-electron chi connectivity index (χ3n) is 4.24. The summed E-state index contributed by atoms with van der Waals surface area (Å²) in [6.45, 7) is 6.82. The van der Waals surface area contributed by atoms with Crippen LogP contribution < -0.4 is 5.32 Å². The molecule has 2 N–H and O–H groups in total. The van der Waals surface area contributed by atoms with E-state index in [0.717, 1.165) is 37.2 Å². The maximum absolute atomic E-state index is 11.8. The summed E-state index contributed by atoms with van der Waals surface area (Å²) in [6, 6.07) is 2.23. The molecule has 0 aliphatic heterocycles. The molecule has 0 aromatic carbocycles. The highest BCUT2D eigenvalue weighted by Crippen LogP contribution is 2.36. The maximum atomic E-state index is 11.8. The molecule has 1 heterocycles. The first-order valence-electron chi connectivity index (χ1n) is 7.49. The fraction of sp³-hybridized carbons (Fsp3) is 0.733. The lowest BCUT2D eigenvalue weighted by Crippen LogP contribution is -2.55. The Labute approximate surface area is 120 Å². The van der Waals surface area contributed by atoms with Crippen LogP contribution in [0.3, 0.4) is 0 Å². The standard InChI is InChI=1S/C15H25N3O2/c1-4-8-16-15(14(19)20)7-5-6-13(10-15)18-12(3)9-11(2)17-18/h9,13,16H,4-8,10H2,1-3H3,(H,19,20). The SMILES string of the molecule is CCCNC1(C(=O)O)CCCC(n2nc(C)cc2C)C1. The minimum Gasteiger partial charge on any atom is -0.480 e. The second kappa shape index (κ2) is 5.95. The lowest BCUT2D eigenvalue weighted by molar-refractivity contribution is -0.147. The van der Waals surface area contributed by atoms with Crippen molar-refractivity contribution in [2.75, 3.05) is 6.54 Å². The van der Waals surface area contributed by atoms with E-state index in [0.29, 0.717) is 12.8 Å². The number of carbonyl (C=O) groups is 1. The van der Waals surface area contributed by atoms with E-state index >= 15 is 0 Å². The van der Waals surface area contributed by atoms with Gasteiger partial charge in [-0.05, 0) is 58.6 Å². The molecular weight excluding hydrogens is 254 g/mol. The van der Waals surface area contributed by atoms with Crippen molar-refractivity contribution in [2.24, 2.45) is 0 Å². The van der Waals surface area contributed by atoms with E-state index < -0.39 is 11.5 Å². The van der Waals surface area contributed by atoms with Crippen molar-refractivity contribution in [2.45, 2.75) is 64.5 Å². The zero-order valence-corrected chi connectivity index (χ0v) is 12.6. The fourth-order valence-electron chi connectivity index (χ4n) is 3.27. The van der Waals surface area contributed by atoms with Crippen molar-refractivity contribution in [3.8, 4) is 0 Å². The van der Waals surface area contributed by atoms with Gasteiger partial charge in [0, 0.05) is 5.69 Å². The summed E-state index contributed by atoms with van der Waals surface area (Å²) < 4.78 is 2.01. The molecule has 1 aliphatic rings. The van der Waals surface area contributed by atoms with Crippen LogP contribution in [-0.2, 0) is 4.79 Å². The van der Waals surface area contributed by atoms with Crippen LogP contribution >= 0.6 is 0 Å². The van der Waals surface area contributed by atoms with Gasteiger partial charge < -0.3 is 10.4 Å². The molecule has 1 aliphatic carbocycles. The van der Waals surface area contributed by atoms with Gasteiger partial charge in [0.1, 0.15) is 5.54 Å². The lowest BCUT2D eigenvalue weighted by atomic mass is 9.78. The van der Waals surface area contributed by atoms with E-state index in [9.17, 15) is 9.90 Å². The second-order valence-electron chi connectivity index (χ2n) is 5.94. The van der Waals surface area contributed by atoms with Crippen molar-refractivity contribution in [1.82, 2.24) is 15.1 Å². The van der Waals surface area contributed by atoms with Gasteiger partial charge in [0.15, 0.2) is 0 Å². The Morgan fingerprint density at radius 2 is 2.35 bits per heavy atom. The highest BCUT2D eigenvalue weighted by atomic mass is 16.4. The molecule has 2 unspecified atom stereocenters. The topological polar surface area (TPSA) is 67.2 Å². The van der Waals surface area contributed by atoms with Crippen LogP contribution in [0.1, 0.15) is 56.5 Å². The number of carboxylic acids is 1. The molecule has 112 valence electrons. The molecular formula is C15H25N3O2. The van der Waals surface area contributed by atoms with Gasteiger partial charge in [0.2, 0.25) is 0 Å². The number of aryl methyl sites for hydroxylation is 2. The second-order valence-corrected chi connectivity index (χ2v) is 5.94. The fourth-order valence-corrected chi connectivity index (χ4v) is 3.27. The number of hydrogen-bond acceptors (Lipinski definition) is 3. The zero-order valence-electron chi connectivity index (χ0n) is 12.6. The van der Waals surface area contributed by atoms with E-state index in [1.807, 2.05) is 18.5 Å².